The maximum Gasteiger partial charge on any atom is 0.252 e. The third-order valence-electron chi connectivity index (χ3n) is 5.16. The van der Waals surface area contributed by atoms with Crippen LogP contribution in [0.15, 0.2) is 30.6 Å². The van der Waals surface area contributed by atoms with Crippen molar-refractivity contribution in [3.8, 4) is 0 Å². The van der Waals surface area contributed by atoms with Gasteiger partial charge in [-0.15, -0.1) is 0 Å². The SMILES string of the molecule is CCCCCCCCCCCCCCCCCCOC[n+]1ccccc1.O=[N+]([O-])[O-]. The molecule has 0 saturated carbocycles. The van der Waals surface area contributed by atoms with Crippen molar-refractivity contribution in [1.82, 2.24) is 0 Å². The Kier molecular flexibility index (Phi) is 22.3. The van der Waals surface area contributed by atoms with Crippen molar-refractivity contribution in [2.45, 2.75) is 116 Å². The molecule has 0 aromatic carbocycles. The Balaban J connectivity index is 0.00000192. The first-order valence-corrected chi connectivity index (χ1v) is 12.0. The van der Waals surface area contributed by atoms with Crippen LogP contribution in [0.1, 0.15) is 110 Å². The minimum Gasteiger partial charge on any atom is -0.356 e. The summed E-state index contributed by atoms with van der Waals surface area (Å²) in [7, 11) is 0. The van der Waals surface area contributed by atoms with Gasteiger partial charge in [-0.1, -0.05) is 109 Å². The van der Waals surface area contributed by atoms with Gasteiger partial charge in [-0.3, -0.25) is 0 Å². The van der Waals surface area contributed by atoms with Gasteiger partial charge in [0.2, 0.25) is 0 Å². The number of unbranched alkanes of at least 4 members (excludes halogenated alkanes) is 15. The zero-order valence-electron chi connectivity index (χ0n) is 19.1. The number of aromatic nitrogens is 1. The van der Waals surface area contributed by atoms with Gasteiger partial charge in [0.05, 0.1) is 11.7 Å². The number of pyridine rings is 1. The fourth-order valence-electron chi connectivity index (χ4n) is 3.44. The second-order valence-corrected chi connectivity index (χ2v) is 7.95. The smallest absolute Gasteiger partial charge is 0.252 e. The third kappa shape index (κ3) is 24.3. The van der Waals surface area contributed by atoms with Crippen LogP contribution in [0.4, 0.5) is 0 Å². The van der Waals surface area contributed by atoms with Crippen LogP contribution >= 0.6 is 0 Å². The molecular formula is C24H44N2O4. The van der Waals surface area contributed by atoms with E-state index in [9.17, 15) is 0 Å². The molecule has 0 spiro atoms. The molecule has 174 valence electrons. The van der Waals surface area contributed by atoms with Crippen LogP contribution in [0.3, 0.4) is 0 Å². The highest BCUT2D eigenvalue weighted by molar-refractivity contribution is 4.83. The summed E-state index contributed by atoms with van der Waals surface area (Å²) in [5, 5.41) is 14.8. The van der Waals surface area contributed by atoms with Gasteiger partial charge in [-0.2, -0.15) is 4.57 Å². The van der Waals surface area contributed by atoms with Gasteiger partial charge in [0.15, 0.2) is 12.4 Å². The summed E-state index contributed by atoms with van der Waals surface area (Å²) in [5.41, 5.74) is 0. The third-order valence-corrected chi connectivity index (χ3v) is 5.16. The Morgan fingerprint density at radius 1 is 0.667 bits per heavy atom. The van der Waals surface area contributed by atoms with Crippen LogP contribution < -0.4 is 4.57 Å². The summed E-state index contributed by atoms with van der Waals surface area (Å²) >= 11 is 0. The first-order valence-electron chi connectivity index (χ1n) is 12.0. The molecule has 0 N–H and O–H groups in total. The van der Waals surface area contributed by atoms with E-state index in [1.165, 1.54) is 103 Å². The van der Waals surface area contributed by atoms with Gasteiger partial charge >= 0.3 is 0 Å². The van der Waals surface area contributed by atoms with E-state index in [4.69, 9.17) is 20.1 Å². The van der Waals surface area contributed by atoms with Gasteiger partial charge in [0, 0.05) is 12.1 Å². The zero-order chi connectivity index (χ0) is 22.1. The molecule has 1 aromatic heterocycles. The number of hydrogen-bond acceptors (Lipinski definition) is 4. The second-order valence-electron chi connectivity index (χ2n) is 7.95. The van der Waals surface area contributed by atoms with Crippen molar-refractivity contribution in [2.24, 2.45) is 0 Å². The Morgan fingerprint density at radius 3 is 1.43 bits per heavy atom. The van der Waals surface area contributed by atoms with Crippen molar-refractivity contribution in [3.63, 3.8) is 0 Å². The summed E-state index contributed by atoms with van der Waals surface area (Å²) in [6.45, 7) is 3.86. The highest BCUT2D eigenvalue weighted by Crippen LogP contribution is 2.13. The minimum absolute atomic E-state index is 0.680. The van der Waals surface area contributed by atoms with Crippen LogP contribution in [-0.4, -0.2) is 11.7 Å². The molecule has 30 heavy (non-hydrogen) atoms. The van der Waals surface area contributed by atoms with E-state index in [0.29, 0.717) is 6.73 Å². The van der Waals surface area contributed by atoms with Gasteiger partial charge in [0.25, 0.3) is 6.73 Å². The van der Waals surface area contributed by atoms with Crippen LogP contribution in [-0.2, 0) is 11.5 Å². The molecule has 6 nitrogen and oxygen atoms in total. The van der Waals surface area contributed by atoms with Gasteiger partial charge in [-0.05, 0) is 6.42 Å². The van der Waals surface area contributed by atoms with Gasteiger partial charge in [0.1, 0.15) is 0 Å². The topological polar surface area (TPSA) is 79.3 Å². The normalized spacial score (nSPS) is 10.4. The van der Waals surface area contributed by atoms with Crippen molar-refractivity contribution in [2.75, 3.05) is 6.61 Å². The molecule has 0 radical (unpaired) electrons. The molecule has 0 aliphatic heterocycles. The van der Waals surface area contributed by atoms with Crippen LogP contribution in [0.5, 0.6) is 0 Å². The molecule has 0 saturated heterocycles. The summed E-state index contributed by atoms with van der Waals surface area (Å²) in [6.07, 6.45) is 26.7. The summed E-state index contributed by atoms with van der Waals surface area (Å²) < 4.78 is 7.78. The summed E-state index contributed by atoms with van der Waals surface area (Å²) in [6, 6.07) is 6.11. The molecule has 0 atom stereocenters. The lowest BCUT2D eigenvalue weighted by Gasteiger charge is -2.04. The predicted molar refractivity (Wildman–Crippen MR) is 122 cm³/mol. The highest BCUT2D eigenvalue weighted by Gasteiger charge is 1.98. The maximum atomic E-state index is 8.25. The molecule has 0 bridgehead atoms. The Bertz CT molecular complexity index is 468. The van der Waals surface area contributed by atoms with Crippen LogP contribution in [0.25, 0.3) is 0 Å². The van der Waals surface area contributed by atoms with E-state index in [2.05, 4.69) is 11.5 Å². The quantitative estimate of drug-likeness (QED) is 0.104. The van der Waals surface area contributed by atoms with Crippen LogP contribution in [0, 0.1) is 15.3 Å². The highest BCUT2D eigenvalue weighted by atomic mass is 16.9. The van der Waals surface area contributed by atoms with Crippen molar-refractivity contribution in [1.29, 1.82) is 0 Å². The Labute approximate surface area is 183 Å². The largest absolute Gasteiger partial charge is 0.356 e. The molecule has 0 amide bonds. The monoisotopic (exact) mass is 424 g/mol. The Hall–Kier alpha value is -1.69. The lowest BCUT2D eigenvalue weighted by atomic mass is 10.0. The molecule has 6 heteroatoms. The van der Waals surface area contributed by atoms with E-state index < -0.39 is 5.09 Å². The number of hydrogen-bond donors (Lipinski definition) is 0. The zero-order valence-corrected chi connectivity index (χ0v) is 19.1. The summed E-state index contributed by atoms with van der Waals surface area (Å²) in [4.78, 5) is 8.25. The molecule has 1 rings (SSSR count). The van der Waals surface area contributed by atoms with E-state index in [1.807, 2.05) is 30.6 Å². The molecule has 1 heterocycles. The number of rotatable bonds is 19. The fraction of sp³-hybridized carbons (Fsp3) is 0.792. The first kappa shape index (κ1) is 28.3. The molecule has 0 aliphatic carbocycles. The van der Waals surface area contributed by atoms with E-state index in [0.717, 1.165) is 6.61 Å². The average molecular weight is 425 g/mol. The molecular weight excluding hydrogens is 380 g/mol. The standard InChI is InChI=1S/C24H44NO.NO3/c1-2-3-4-5-6-7-8-9-10-11-12-13-14-15-16-20-23-26-24-25-21-18-17-19-22-25;2-1(3)4/h17-19,21-22H,2-16,20,23-24H2,1H3;/q+1;-1. The number of ether oxygens (including phenoxy) is 1. The second kappa shape index (κ2) is 23.6. The fourth-order valence-corrected chi connectivity index (χ4v) is 3.44. The van der Waals surface area contributed by atoms with E-state index >= 15 is 0 Å². The predicted octanol–water partition coefficient (Wildman–Crippen LogP) is 6.97. The summed E-state index contributed by atoms with van der Waals surface area (Å²) in [5.74, 6) is 0. The van der Waals surface area contributed by atoms with Crippen LogP contribution in [0.2, 0.25) is 0 Å². The molecule has 0 aliphatic rings. The lowest BCUT2D eigenvalue weighted by Crippen LogP contribution is -2.33. The molecule has 0 unspecified atom stereocenters. The van der Waals surface area contributed by atoms with Gasteiger partial charge in [-0.25, -0.2) is 0 Å². The average Bonchev–Trinajstić information content (AvgIpc) is 2.73. The molecule has 1 aromatic rings. The molecule has 0 fully saturated rings. The lowest BCUT2D eigenvalue weighted by molar-refractivity contribution is -0.732. The van der Waals surface area contributed by atoms with Crippen molar-refractivity contribution in [3.05, 3.63) is 45.9 Å². The maximum absolute atomic E-state index is 8.25. The first-order chi connectivity index (χ1) is 14.7. The van der Waals surface area contributed by atoms with Crippen molar-refractivity contribution < 1.29 is 14.4 Å². The van der Waals surface area contributed by atoms with Gasteiger partial charge < -0.3 is 20.1 Å². The van der Waals surface area contributed by atoms with E-state index in [1.54, 1.807) is 0 Å². The van der Waals surface area contributed by atoms with E-state index in [-0.39, 0.29) is 0 Å². The number of nitrogens with zero attached hydrogens (tertiary/aromatic N) is 2. The van der Waals surface area contributed by atoms with Crippen molar-refractivity contribution >= 4 is 0 Å². The minimum atomic E-state index is -1.75. The Morgan fingerprint density at radius 2 is 1.03 bits per heavy atom.